The number of primary sulfonamides is 1. The summed E-state index contributed by atoms with van der Waals surface area (Å²) in [5, 5.41) is 5.06. The lowest BCUT2D eigenvalue weighted by atomic mass is 9.98. The minimum absolute atomic E-state index is 0.0626. The largest absolute Gasteiger partial charge is 0.337 e. The molecule has 0 saturated carbocycles. The number of sulfonamides is 1. The highest BCUT2D eigenvalue weighted by Gasteiger charge is 2.29. The molecule has 118 valence electrons. The molecular formula is C14H21FN2O3S. The molecule has 1 rings (SSSR count). The van der Waals surface area contributed by atoms with Crippen molar-refractivity contribution in [2.24, 2.45) is 5.14 Å². The summed E-state index contributed by atoms with van der Waals surface area (Å²) < 4.78 is 37.0. The normalized spacial score (nSPS) is 12.3. The standard InChI is InChI=1S/C14H21FN2O3S/c1-6-14(3,4)17(5)13(18)11-8-10(21(16,19)20)7-9(2)12(11)15/h7-8H,6H2,1-5H3,(H2,16,19,20). The second-order valence-corrected chi connectivity index (χ2v) is 7.24. The minimum atomic E-state index is -4.00. The van der Waals surface area contributed by atoms with Gasteiger partial charge in [-0.3, -0.25) is 4.79 Å². The second-order valence-electron chi connectivity index (χ2n) is 5.68. The minimum Gasteiger partial charge on any atom is -0.337 e. The summed E-state index contributed by atoms with van der Waals surface area (Å²) in [5.74, 6) is -1.31. The van der Waals surface area contributed by atoms with E-state index in [1.807, 2.05) is 20.8 Å². The molecule has 0 bridgehead atoms. The van der Waals surface area contributed by atoms with Gasteiger partial charge in [-0.25, -0.2) is 17.9 Å². The first-order valence-electron chi connectivity index (χ1n) is 6.53. The second kappa shape index (κ2) is 5.73. The van der Waals surface area contributed by atoms with E-state index in [1.165, 1.54) is 11.8 Å². The van der Waals surface area contributed by atoms with E-state index in [4.69, 9.17) is 5.14 Å². The van der Waals surface area contributed by atoms with Gasteiger partial charge in [-0.15, -0.1) is 0 Å². The number of nitrogens with zero attached hydrogens (tertiary/aromatic N) is 1. The van der Waals surface area contributed by atoms with E-state index in [9.17, 15) is 17.6 Å². The number of nitrogens with two attached hydrogens (primary N) is 1. The quantitative estimate of drug-likeness (QED) is 0.923. The van der Waals surface area contributed by atoms with Crippen LogP contribution in [0, 0.1) is 12.7 Å². The van der Waals surface area contributed by atoms with Gasteiger partial charge in [0.1, 0.15) is 5.82 Å². The van der Waals surface area contributed by atoms with Crippen molar-refractivity contribution < 1.29 is 17.6 Å². The van der Waals surface area contributed by atoms with Crippen LogP contribution in [-0.4, -0.2) is 31.8 Å². The van der Waals surface area contributed by atoms with Gasteiger partial charge >= 0.3 is 0 Å². The average Bonchev–Trinajstić information content (AvgIpc) is 2.38. The molecule has 0 aliphatic heterocycles. The molecule has 0 saturated heterocycles. The Labute approximate surface area is 125 Å². The Balaban J connectivity index is 3.43. The van der Waals surface area contributed by atoms with Crippen LogP contribution in [0.25, 0.3) is 0 Å². The molecule has 0 atom stereocenters. The number of carbonyl (C=O) groups is 1. The van der Waals surface area contributed by atoms with Gasteiger partial charge in [0.05, 0.1) is 10.5 Å². The van der Waals surface area contributed by atoms with Gasteiger partial charge in [0.25, 0.3) is 5.91 Å². The molecule has 0 heterocycles. The zero-order chi connectivity index (χ0) is 16.6. The summed E-state index contributed by atoms with van der Waals surface area (Å²) in [4.78, 5) is 13.6. The van der Waals surface area contributed by atoms with E-state index in [-0.39, 0.29) is 16.0 Å². The molecule has 1 aromatic rings. The van der Waals surface area contributed by atoms with Crippen molar-refractivity contribution >= 4 is 15.9 Å². The Hall–Kier alpha value is -1.47. The third-order valence-electron chi connectivity index (χ3n) is 3.86. The van der Waals surface area contributed by atoms with Gasteiger partial charge in [0.2, 0.25) is 10.0 Å². The van der Waals surface area contributed by atoms with Crippen molar-refractivity contribution in [1.29, 1.82) is 0 Å². The van der Waals surface area contributed by atoms with E-state index >= 15 is 0 Å². The van der Waals surface area contributed by atoms with Gasteiger partial charge in [-0.1, -0.05) is 6.92 Å². The monoisotopic (exact) mass is 316 g/mol. The fourth-order valence-electron chi connectivity index (χ4n) is 1.75. The summed E-state index contributed by atoms with van der Waals surface area (Å²) >= 11 is 0. The zero-order valence-corrected chi connectivity index (χ0v) is 13.7. The summed E-state index contributed by atoms with van der Waals surface area (Å²) in [6.07, 6.45) is 0.671. The molecule has 0 aliphatic rings. The van der Waals surface area contributed by atoms with Crippen molar-refractivity contribution in [2.75, 3.05) is 7.05 Å². The van der Waals surface area contributed by atoms with Crippen molar-refractivity contribution in [3.05, 3.63) is 29.1 Å². The summed E-state index contributed by atoms with van der Waals surface area (Å²) in [6.45, 7) is 7.00. The molecule has 1 amide bonds. The maximum Gasteiger partial charge on any atom is 0.257 e. The van der Waals surface area contributed by atoms with Crippen LogP contribution in [0.1, 0.15) is 43.1 Å². The smallest absolute Gasteiger partial charge is 0.257 e. The molecule has 0 fully saturated rings. The first kappa shape index (κ1) is 17.6. The van der Waals surface area contributed by atoms with Crippen molar-refractivity contribution in [1.82, 2.24) is 4.90 Å². The Morgan fingerprint density at radius 2 is 1.90 bits per heavy atom. The van der Waals surface area contributed by atoms with Crippen LogP contribution in [0.3, 0.4) is 0 Å². The summed E-state index contributed by atoms with van der Waals surface area (Å²) in [7, 11) is -2.44. The third kappa shape index (κ3) is 3.59. The zero-order valence-electron chi connectivity index (χ0n) is 12.9. The van der Waals surface area contributed by atoms with Gasteiger partial charge < -0.3 is 4.90 Å². The summed E-state index contributed by atoms with van der Waals surface area (Å²) in [6, 6.07) is 2.11. The van der Waals surface area contributed by atoms with E-state index in [0.717, 1.165) is 12.1 Å². The molecule has 0 radical (unpaired) electrons. The average molecular weight is 316 g/mol. The van der Waals surface area contributed by atoms with Crippen LogP contribution in [0.4, 0.5) is 4.39 Å². The maximum absolute atomic E-state index is 14.2. The fourth-order valence-corrected chi connectivity index (χ4v) is 2.37. The van der Waals surface area contributed by atoms with E-state index in [2.05, 4.69) is 0 Å². The Morgan fingerprint density at radius 3 is 2.33 bits per heavy atom. The fraction of sp³-hybridized carbons (Fsp3) is 0.500. The van der Waals surface area contributed by atoms with Crippen LogP contribution >= 0.6 is 0 Å². The van der Waals surface area contributed by atoms with Crippen LogP contribution in [0.15, 0.2) is 17.0 Å². The van der Waals surface area contributed by atoms with Gasteiger partial charge in [-0.2, -0.15) is 0 Å². The van der Waals surface area contributed by atoms with Gasteiger partial charge in [-0.05, 0) is 44.9 Å². The lowest BCUT2D eigenvalue weighted by molar-refractivity contribution is 0.0615. The number of benzene rings is 1. The highest BCUT2D eigenvalue weighted by Crippen LogP contribution is 2.24. The molecule has 0 spiro atoms. The number of amides is 1. The topological polar surface area (TPSA) is 80.5 Å². The van der Waals surface area contributed by atoms with E-state index in [1.54, 1.807) is 7.05 Å². The van der Waals surface area contributed by atoms with E-state index < -0.39 is 27.3 Å². The number of rotatable bonds is 4. The van der Waals surface area contributed by atoms with Crippen LogP contribution in [0.5, 0.6) is 0 Å². The SMILES string of the molecule is CCC(C)(C)N(C)C(=O)c1cc(S(N)(=O)=O)cc(C)c1F. The Kier molecular flexibility index (Phi) is 4.80. The Bertz CT molecular complexity index is 669. The molecular weight excluding hydrogens is 295 g/mol. The highest BCUT2D eigenvalue weighted by molar-refractivity contribution is 7.89. The molecule has 5 nitrogen and oxygen atoms in total. The molecule has 0 aliphatic carbocycles. The lowest BCUT2D eigenvalue weighted by Gasteiger charge is -2.35. The van der Waals surface area contributed by atoms with Crippen molar-refractivity contribution in [3.8, 4) is 0 Å². The summed E-state index contributed by atoms with van der Waals surface area (Å²) in [5.41, 5.74) is -0.703. The Morgan fingerprint density at radius 1 is 1.38 bits per heavy atom. The highest BCUT2D eigenvalue weighted by atomic mass is 32.2. The molecule has 21 heavy (non-hydrogen) atoms. The third-order valence-corrected chi connectivity index (χ3v) is 4.76. The first-order valence-corrected chi connectivity index (χ1v) is 8.07. The molecule has 7 heteroatoms. The molecule has 0 unspecified atom stereocenters. The van der Waals surface area contributed by atoms with Crippen LogP contribution in [0.2, 0.25) is 0 Å². The van der Waals surface area contributed by atoms with Gasteiger partial charge in [0, 0.05) is 12.6 Å². The van der Waals surface area contributed by atoms with Crippen molar-refractivity contribution in [3.63, 3.8) is 0 Å². The molecule has 1 aromatic carbocycles. The number of halogens is 1. The first-order chi connectivity index (χ1) is 9.41. The van der Waals surface area contributed by atoms with Crippen LogP contribution in [-0.2, 0) is 10.0 Å². The van der Waals surface area contributed by atoms with Crippen molar-refractivity contribution in [2.45, 2.75) is 44.6 Å². The molecule has 0 aromatic heterocycles. The number of hydrogen-bond donors (Lipinski definition) is 1. The molecule has 2 N–H and O–H groups in total. The lowest BCUT2D eigenvalue weighted by Crippen LogP contribution is -2.44. The number of aryl methyl sites for hydroxylation is 1. The predicted octanol–water partition coefficient (Wildman–Crippen LogP) is 2.04. The van der Waals surface area contributed by atoms with Crippen LogP contribution < -0.4 is 5.14 Å². The maximum atomic E-state index is 14.2. The number of carbonyl (C=O) groups excluding carboxylic acids is 1. The predicted molar refractivity (Wildman–Crippen MR) is 79.0 cm³/mol. The van der Waals surface area contributed by atoms with Gasteiger partial charge in [0.15, 0.2) is 0 Å². The van der Waals surface area contributed by atoms with E-state index in [0.29, 0.717) is 6.42 Å². The number of hydrogen-bond acceptors (Lipinski definition) is 3.